The minimum atomic E-state index is 0.449. The molecule has 0 atom stereocenters. The van der Waals surface area contributed by atoms with Crippen LogP contribution in [0.4, 0.5) is 11.5 Å². The lowest BCUT2D eigenvalue weighted by atomic mass is 10.1. The van der Waals surface area contributed by atoms with Crippen molar-refractivity contribution in [2.75, 3.05) is 5.32 Å². The second-order valence-electron chi connectivity index (χ2n) is 4.44. The fraction of sp³-hybridized carbons (Fsp3) is 0. The van der Waals surface area contributed by atoms with Gasteiger partial charge in [0.15, 0.2) is 0 Å². The van der Waals surface area contributed by atoms with Gasteiger partial charge < -0.3 is 5.32 Å². The van der Waals surface area contributed by atoms with E-state index < -0.39 is 0 Å². The van der Waals surface area contributed by atoms with Crippen LogP contribution in [0.25, 0.3) is 10.9 Å². The number of pyridine rings is 1. The maximum absolute atomic E-state index is 9.29. The van der Waals surface area contributed by atoms with E-state index in [2.05, 4.69) is 16.4 Å². The predicted octanol–water partition coefficient (Wildman–Crippen LogP) is 5.16. The van der Waals surface area contributed by atoms with E-state index in [9.17, 15) is 5.26 Å². The number of para-hydroxylation sites is 1. The Morgan fingerprint density at radius 2 is 1.86 bits per heavy atom. The van der Waals surface area contributed by atoms with E-state index in [1.165, 1.54) is 0 Å². The summed E-state index contributed by atoms with van der Waals surface area (Å²) in [4.78, 5) is 4.48. The van der Waals surface area contributed by atoms with Gasteiger partial charge in [-0.1, -0.05) is 41.4 Å². The fourth-order valence-corrected chi connectivity index (χ4v) is 2.35. The third kappa shape index (κ3) is 2.78. The maximum atomic E-state index is 9.29. The molecular formula is C16H9Cl2N3. The van der Waals surface area contributed by atoms with Crippen molar-refractivity contribution in [1.82, 2.24) is 4.98 Å². The van der Waals surface area contributed by atoms with Crippen LogP contribution in [0.5, 0.6) is 0 Å². The maximum Gasteiger partial charge on any atom is 0.149 e. The zero-order chi connectivity index (χ0) is 14.8. The monoisotopic (exact) mass is 313 g/mol. The second kappa shape index (κ2) is 5.61. The van der Waals surface area contributed by atoms with E-state index in [0.717, 1.165) is 10.9 Å². The number of benzene rings is 2. The van der Waals surface area contributed by atoms with Crippen molar-refractivity contribution >= 4 is 45.6 Å². The largest absolute Gasteiger partial charge is 0.338 e. The molecule has 5 heteroatoms. The highest BCUT2D eigenvalue weighted by atomic mass is 35.5. The van der Waals surface area contributed by atoms with Gasteiger partial charge in [-0.2, -0.15) is 5.26 Å². The molecule has 3 nitrogen and oxygen atoms in total. The van der Waals surface area contributed by atoms with Crippen molar-refractivity contribution in [3.05, 3.63) is 64.1 Å². The Labute approximate surface area is 131 Å². The van der Waals surface area contributed by atoms with Crippen LogP contribution < -0.4 is 5.32 Å². The fourth-order valence-electron chi connectivity index (χ4n) is 2.02. The van der Waals surface area contributed by atoms with Crippen LogP contribution in [0.15, 0.2) is 48.5 Å². The van der Waals surface area contributed by atoms with Gasteiger partial charge in [-0.3, -0.25) is 0 Å². The van der Waals surface area contributed by atoms with Crippen LogP contribution in [0.3, 0.4) is 0 Å². The standard InChI is InChI=1S/C16H9Cl2N3/c17-12-5-6-13(18)15(8-12)21-16-11(9-19)7-10-3-1-2-4-14(10)20-16/h1-8H,(H,20,21). The van der Waals surface area contributed by atoms with E-state index in [-0.39, 0.29) is 0 Å². The summed E-state index contributed by atoms with van der Waals surface area (Å²) in [6.45, 7) is 0. The average molecular weight is 314 g/mol. The lowest BCUT2D eigenvalue weighted by Crippen LogP contribution is -1.98. The molecule has 3 aromatic rings. The summed E-state index contributed by atoms with van der Waals surface area (Å²) in [5, 5.41) is 14.3. The van der Waals surface area contributed by atoms with E-state index in [1.807, 2.05) is 24.3 Å². The second-order valence-corrected chi connectivity index (χ2v) is 5.28. The number of nitrogens with zero attached hydrogens (tertiary/aromatic N) is 2. The number of aromatic nitrogens is 1. The van der Waals surface area contributed by atoms with Gasteiger partial charge in [-0.05, 0) is 30.3 Å². The lowest BCUT2D eigenvalue weighted by Gasteiger charge is -2.10. The Bertz CT molecular complexity index is 869. The van der Waals surface area contributed by atoms with Gasteiger partial charge in [0.05, 0.1) is 21.8 Å². The number of halogens is 2. The predicted molar refractivity (Wildman–Crippen MR) is 86.2 cm³/mol. The number of nitrogens with one attached hydrogen (secondary N) is 1. The molecular weight excluding hydrogens is 305 g/mol. The van der Waals surface area contributed by atoms with E-state index >= 15 is 0 Å². The zero-order valence-electron chi connectivity index (χ0n) is 10.8. The van der Waals surface area contributed by atoms with Crippen molar-refractivity contribution in [3.63, 3.8) is 0 Å². The van der Waals surface area contributed by atoms with Crippen LogP contribution in [0, 0.1) is 11.3 Å². The van der Waals surface area contributed by atoms with Gasteiger partial charge in [0.2, 0.25) is 0 Å². The van der Waals surface area contributed by atoms with Gasteiger partial charge in [0.25, 0.3) is 0 Å². The van der Waals surface area contributed by atoms with E-state index in [0.29, 0.717) is 27.1 Å². The first kappa shape index (κ1) is 13.7. The highest BCUT2D eigenvalue weighted by Gasteiger charge is 2.09. The van der Waals surface area contributed by atoms with Gasteiger partial charge in [-0.15, -0.1) is 0 Å². The number of rotatable bonds is 2. The molecule has 1 aromatic heterocycles. The molecule has 1 heterocycles. The summed E-state index contributed by atoms with van der Waals surface area (Å²) in [7, 11) is 0. The molecule has 0 unspecified atom stereocenters. The molecule has 0 aliphatic carbocycles. The summed E-state index contributed by atoms with van der Waals surface area (Å²) >= 11 is 12.1. The minimum Gasteiger partial charge on any atom is -0.338 e. The molecule has 0 spiro atoms. The number of fused-ring (bicyclic) bond motifs is 1. The SMILES string of the molecule is N#Cc1cc2ccccc2nc1Nc1cc(Cl)ccc1Cl. The van der Waals surface area contributed by atoms with E-state index in [1.54, 1.807) is 24.3 Å². The van der Waals surface area contributed by atoms with Gasteiger partial charge in [0.1, 0.15) is 11.9 Å². The smallest absolute Gasteiger partial charge is 0.149 e. The molecule has 102 valence electrons. The van der Waals surface area contributed by atoms with Crippen LogP contribution in [0.2, 0.25) is 10.0 Å². The highest BCUT2D eigenvalue weighted by molar-refractivity contribution is 6.35. The molecule has 0 saturated carbocycles. The van der Waals surface area contributed by atoms with Crippen molar-refractivity contribution in [2.24, 2.45) is 0 Å². The number of hydrogen-bond donors (Lipinski definition) is 1. The normalized spacial score (nSPS) is 10.3. The first-order chi connectivity index (χ1) is 10.2. The topological polar surface area (TPSA) is 48.7 Å². The first-order valence-electron chi connectivity index (χ1n) is 6.19. The van der Waals surface area contributed by atoms with Crippen molar-refractivity contribution in [3.8, 4) is 6.07 Å². The van der Waals surface area contributed by atoms with Crippen LogP contribution >= 0.6 is 23.2 Å². The van der Waals surface area contributed by atoms with Crippen molar-refractivity contribution in [2.45, 2.75) is 0 Å². The third-order valence-electron chi connectivity index (χ3n) is 3.03. The number of hydrogen-bond acceptors (Lipinski definition) is 3. The van der Waals surface area contributed by atoms with Crippen molar-refractivity contribution < 1.29 is 0 Å². The molecule has 0 saturated heterocycles. The summed E-state index contributed by atoms with van der Waals surface area (Å²) in [5.74, 6) is 0.459. The molecule has 0 bridgehead atoms. The molecule has 1 N–H and O–H groups in total. The summed E-state index contributed by atoms with van der Waals surface area (Å²) in [6, 6.07) is 16.6. The van der Waals surface area contributed by atoms with E-state index in [4.69, 9.17) is 23.2 Å². The Kier molecular flexibility index (Phi) is 3.66. The lowest BCUT2D eigenvalue weighted by molar-refractivity contribution is 1.34. The minimum absolute atomic E-state index is 0.449. The van der Waals surface area contributed by atoms with Crippen LogP contribution in [-0.4, -0.2) is 4.98 Å². The Hall–Kier alpha value is -2.28. The van der Waals surface area contributed by atoms with Crippen molar-refractivity contribution in [1.29, 1.82) is 5.26 Å². The summed E-state index contributed by atoms with van der Waals surface area (Å²) in [5.41, 5.74) is 1.87. The molecule has 3 rings (SSSR count). The van der Waals surface area contributed by atoms with Gasteiger partial charge >= 0.3 is 0 Å². The quantitative estimate of drug-likeness (QED) is 0.711. The Morgan fingerprint density at radius 1 is 1.05 bits per heavy atom. The molecule has 0 aliphatic heterocycles. The molecule has 21 heavy (non-hydrogen) atoms. The number of anilines is 2. The van der Waals surface area contributed by atoms with Gasteiger partial charge in [-0.25, -0.2) is 4.98 Å². The summed E-state index contributed by atoms with van der Waals surface area (Å²) in [6.07, 6.45) is 0. The zero-order valence-corrected chi connectivity index (χ0v) is 12.3. The number of nitriles is 1. The van der Waals surface area contributed by atoms with Crippen LogP contribution in [-0.2, 0) is 0 Å². The molecule has 0 amide bonds. The molecule has 0 fully saturated rings. The van der Waals surface area contributed by atoms with Gasteiger partial charge in [0, 0.05) is 10.4 Å². The Morgan fingerprint density at radius 3 is 2.67 bits per heavy atom. The average Bonchev–Trinajstić information content (AvgIpc) is 2.50. The summed E-state index contributed by atoms with van der Waals surface area (Å²) < 4.78 is 0. The molecule has 0 aliphatic rings. The molecule has 0 radical (unpaired) electrons. The molecule has 2 aromatic carbocycles. The highest BCUT2D eigenvalue weighted by Crippen LogP contribution is 2.30. The van der Waals surface area contributed by atoms with Crippen LogP contribution in [0.1, 0.15) is 5.56 Å². The first-order valence-corrected chi connectivity index (χ1v) is 6.95. The Balaban J connectivity index is 2.11. The third-order valence-corrected chi connectivity index (χ3v) is 3.59.